The molecule has 1 N–H and O–H groups in total. The highest BCUT2D eigenvalue weighted by Gasteiger charge is 2.11. The van der Waals surface area contributed by atoms with Crippen LogP contribution in [0.15, 0.2) is 42.5 Å². The van der Waals surface area contributed by atoms with Gasteiger partial charge in [-0.1, -0.05) is 35.3 Å². The smallest absolute Gasteiger partial charge is 0.254 e. The second-order valence-electron chi connectivity index (χ2n) is 4.26. The maximum absolute atomic E-state index is 13.5. The van der Waals surface area contributed by atoms with E-state index in [1.54, 1.807) is 6.07 Å². The van der Waals surface area contributed by atoms with Crippen molar-refractivity contribution in [3.8, 4) is 0 Å². The first kappa shape index (κ1) is 14.8. The number of carbonyl (C=O) groups is 1. The Morgan fingerprint density at radius 1 is 1.10 bits per heavy atom. The predicted octanol–water partition coefficient (Wildman–Crippen LogP) is 4.11. The molecule has 0 unspecified atom stereocenters. The first-order valence-electron chi connectivity index (χ1n) is 6.04. The van der Waals surface area contributed by atoms with E-state index in [0.29, 0.717) is 23.0 Å². The number of hydrogen-bond acceptors (Lipinski definition) is 1. The topological polar surface area (TPSA) is 29.1 Å². The molecule has 0 heterocycles. The average molecular weight is 312 g/mol. The van der Waals surface area contributed by atoms with Crippen molar-refractivity contribution in [2.75, 3.05) is 6.54 Å². The Morgan fingerprint density at radius 2 is 1.85 bits per heavy atom. The van der Waals surface area contributed by atoms with Crippen molar-refractivity contribution in [1.82, 2.24) is 5.32 Å². The number of rotatable bonds is 4. The van der Waals surface area contributed by atoms with Crippen LogP contribution in [-0.4, -0.2) is 12.5 Å². The lowest BCUT2D eigenvalue weighted by Crippen LogP contribution is -2.26. The Balaban J connectivity index is 1.94. The maximum Gasteiger partial charge on any atom is 0.254 e. The minimum Gasteiger partial charge on any atom is -0.352 e. The molecule has 2 nitrogen and oxygen atoms in total. The van der Waals surface area contributed by atoms with Crippen LogP contribution in [-0.2, 0) is 6.42 Å². The third-order valence-corrected chi connectivity index (χ3v) is 3.23. The van der Waals surface area contributed by atoms with Crippen molar-refractivity contribution in [1.29, 1.82) is 0 Å². The van der Waals surface area contributed by atoms with Crippen LogP contribution < -0.4 is 5.32 Å². The first-order chi connectivity index (χ1) is 9.56. The zero-order valence-electron chi connectivity index (χ0n) is 10.5. The van der Waals surface area contributed by atoms with Crippen molar-refractivity contribution in [2.24, 2.45) is 0 Å². The second-order valence-corrected chi connectivity index (χ2v) is 5.13. The van der Waals surface area contributed by atoms with E-state index < -0.39 is 11.7 Å². The summed E-state index contributed by atoms with van der Waals surface area (Å²) in [5.74, 6) is -1.07. The highest BCUT2D eigenvalue weighted by Crippen LogP contribution is 2.15. The van der Waals surface area contributed by atoms with E-state index in [2.05, 4.69) is 5.32 Å². The Kier molecular flexibility index (Phi) is 4.99. The summed E-state index contributed by atoms with van der Waals surface area (Å²) in [5, 5.41) is 3.63. The van der Waals surface area contributed by atoms with Crippen LogP contribution in [0.5, 0.6) is 0 Å². The molecule has 0 radical (unpaired) electrons. The van der Waals surface area contributed by atoms with Gasteiger partial charge in [0.05, 0.1) is 5.56 Å². The molecule has 0 atom stereocenters. The van der Waals surface area contributed by atoms with Gasteiger partial charge in [0.15, 0.2) is 0 Å². The van der Waals surface area contributed by atoms with E-state index in [1.165, 1.54) is 18.2 Å². The standard InChI is InChI=1S/C15H12Cl2FNO/c16-11-3-1-2-10(8-11)6-7-19-15(20)13-9-12(17)4-5-14(13)18/h1-5,8-9H,6-7H2,(H,19,20). The van der Waals surface area contributed by atoms with E-state index in [9.17, 15) is 9.18 Å². The van der Waals surface area contributed by atoms with Crippen LogP contribution in [0, 0.1) is 5.82 Å². The number of hydrogen-bond donors (Lipinski definition) is 1. The summed E-state index contributed by atoms with van der Waals surface area (Å²) in [4.78, 5) is 11.8. The SMILES string of the molecule is O=C(NCCc1cccc(Cl)c1)c1cc(Cl)ccc1F. The summed E-state index contributed by atoms with van der Waals surface area (Å²) in [7, 11) is 0. The molecule has 2 aromatic carbocycles. The monoisotopic (exact) mass is 311 g/mol. The molecule has 0 saturated heterocycles. The highest BCUT2D eigenvalue weighted by atomic mass is 35.5. The molecule has 0 aliphatic heterocycles. The molecule has 0 spiro atoms. The Labute approximate surface area is 126 Å². The van der Waals surface area contributed by atoms with E-state index in [4.69, 9.17) is 23.2 Å². The van der Waals surface area contributed by atoms with Gasteiger partial charge in [0.2, 0.25) is 0 Å². The van der Waals surface area contributed by atoms with E-state index in [0.717, 1.165) is 5.56 Å². The van der Waals surface area contributed by atoms with Crippen LogP contribution in [0.2, 0.25) is 10.0 Å². The van der Waals surface area contributed by atoms with Gasteiger partial charge >= 0.3 is 0 Å². The fourth-order valence-electron chi connectivity index (χ4n) is 1.78. The summed E-state index contributed by atoms with van der Waals surface area (Å²) in [6.07, 6.45) is 0.620. The summed E-state index contributed by atoms with van der Waals surface area (Å²) >= 11 is 11.6. The fraction of sp³-hybridized carbons (Fsp3) is 0.133. The normalized spacial score (nSPS) is 10.3. The predicted molar refractivity (Wildman–Crippen MR) is 78.9 cm³/mol. The summed E-state index contributed by atoms with van der Waals surface area (Å²) in [6, 6.07) is 11.3. The molecule has 5 heteroatoms. The molecule has 20 heavy (non-hydrogen) atoms. The molecule has 0 aromatic heterocycles. The van der Waals surface area contributed by atoms with Gasteiger partial charge in [-0.3, -0.25) is 4.79 Å². The second kappa shape index (κ2) is 6.73. The summed E-state index contributed by atoms with van der Waals surface area (Å²) in [5.41, 5.74) is 0.952. The lowest BCUT2D eigenvalue weighted by Gasteiger charge is -2.07. The van der Waals surface area contributed by atoms with Gasteiger partial charge in [-0.25, -0.2) is 4.39 Å². The number of amides is 1. The average Bonchev–Trinajstić information content (AvgIpc) is 2.41. The molecule has 0 aliphatic carbocycles. The number of nitrogens with one attached hydrogen (secondary N) is 1. The minimum atomic E-state index is -0.588. The zero-order valence-corrected chi connectivity index (χ0v) is 12.0. The van der Waals surface area contributed by atoms with Gasteiger partial charge in [0, 0.05) is 16.6 Å². The minimum absolute atomic E-state index is 0.0522. The molecular formula is C15H12Cl2FNO. The summed E-state index contributed by atoms with van der Waals surface area (Å²) in [6.45, 7) is 0.394. The molecule has 2 aromatic rings. The molecule has 0 bridgehead atoms. The van der Waals surface area contributed by atoms with Crippen LogP contribution in [0.25, 0.3) is 0 Å². The molecule has 1 amide bonds. The molecule has 104 valence electrons. The van der Waals surface area contributed by atoms with Crippen molar-refractivity contribution in [3.05, 3.63) is 69.5 Å². The lowest BCUT2D eigenvalue weighted by molar-refractivity contribution is 0.0950. The Bertz CT molecular complexity index is 631. The van der Waals surface area contributed by atoms with E-state index in [1.807, 2.05) is 18.2 Å². The maximum atomic E-state index is 13.5. The lowest BCUT2D eigenvalue weighted by atomic mass is 10.1. The van der Waals surface area contributed by atoms with Gasteiger partial charge in [0.1, 0.15) is 5.82 Å². The van der Waals surface area contributed by atoms with Crippen LogP contribution in [0.1, 0.15) is 15.9 Å². The Hall–Kier alpha value is -1.58. The van der Waals surface area contributed by atoms with Crippen LogP contribution >= 0.6 is 23.2 Å². The van der Waals surface area contributed by atoms with E-state index in [-0.39, 0.29) is 5.56 Å². The van der Waals surface area contributed by atoms with Gasteiger partial charge in [-0.05, 0) is 42.3 Å². The molecule has 0 fully saturated rings. The zero-order chi connectivity index (χ0) is 14.5. The third-order valence-electron chi connectivity index (χ3n) is 2.76. The van der Waals surface area contributed by atoms with Crippen molar-refractivity contribution >= 4 is 29.1 Å². The van der Waals surface area contributed by atoms with Gasteiger partial charge in [-0.15, -0.1) is 0 Å². The third kappa shape index (κ3) is 3.95. The highest BCUT2D eigenvalue weighted by molar-refractivity contribution is 6.31. The quantitative estimate of drug-likeness (QED) is 0.904. The Morgan fingerprint density at radius 3 is 2.60 bits per heavy atom. The fourth-order valence-corrected chi connectivity index (χ4v) is 2.16. The molecule has 0 saturated carbocycles. The molecular weight excluding hydrogens is 300 g/mol. The van der Waals surface area contributed by atoms with Gasteiger partial charge < -0.3 is 5.32 Å². The largest absolute Gasteiger partial charge is 0.352 e. The molecule has 0 aliphatic rings. The van der Waals surface area contributed by atoms with Crippen molar-refractivity contribution in [3.63, 3.8) is 0 Å². The van der Waals surface area contributed by atoms with Gasteiger partial charge in [-0.2, -0.15) is 0 Å². The van der Waals surface area contributed by atoms with Gasteiger partial charge in [0.25, 0.3) is 5.91 Å². The number of carbonyl (C=O) groups excluding carboxylic acids is 1. The van der Waals surface area contributed by atoms with E-state index >= 15 is 0 Å². The van der Waals surface area contributed by atoms with Crippen LogP contribution in [0.3, 0.4) is 0 Å². The number of halogens is 3. The first-order valence-corrected chi connectivity index (χ1v) is 6.79. The molecule has 2 rings (SSSR count). The van der Waals surface area contributed by atoms with Crippen molar-refractivity contribution < 1.29 is 9.18 Å². The summed E-state index contributed by atoms with van der Waals surface area (Å²) < 4.78 is 13.5. The van der Waals surface area contributed by atoms with Crippen molar-refractivity contribution in [2.45, 2.75) is 6.42 Å². The number of benzene rings is 2. The van der Waals surface area contributed by atoms with Crippen LogP contribution in [0.4, 0.5) is 4.39 Å².